The topological polar surface area (TPSA) is 0 Å². The van der Waals surface area contributed by atoms with Crippen LogP contribution in [0.4, 0.5) is 0 Å². The van der Waals surface area contributed by atoms with Crippen molar-refractivity contribution in [3.8, 4) is 0 Å². The molecule has 9 aromatic rings. The minimum absolute atomic E-state index is 0. The van der Waals surface area contributed by atoms with Gasteiger partial charge in [-0.05, 0) is 0 Å². The van der Waals surface area contributed by atoms with E-state index >= 15 is 0 Å². The molecule has 0 N–H and O–H groups in total. The van der Waals surface area contributed by atoms with Gasteiger partial charge in [0.1, 0.15) is 9.52 Å². The molecule has 0 atom stereocenters. The summed E-state index contributed by atoms with van der Waals surface area (Å²) in [5.74, 6) is 0. The second-order valence-corrected chi connectivity index (χ2v) is 11.9. The molecule has 47 heavy (non-hydrogen) atoms. The Morgan fingerprint density at radius 2 is 0.681 bits per heavy atom. The van der Waals surface area contributed by atoms with Crippen LogP contribution < -0.4 is 10.4 Å². The normalized spacial score (nSPS) is 9.70. The first-order valence-corrected chi connectivity index (χ1v) is 15.9. The molecule has 0 aliphatic rings. The van der Waals surface area contributed by atoms with Crippen LogP contribution in [0.1, 0.15) is 0 Å². The summed E-state index contributed by atoms with van der Waals surface area (Å²) in [5, 5.41) is 13.5. The molecule has 0 heterocycles. The fourth-order valence-corrected chi connectivity index (χ4v) is 6.30. The fourth-order valence-electron chi connectivity index (χ4n) is 5.25. The molecule has 0 aromatic heterocycles. The van der Waals surface area contributed by atoms with Crippen LogP contribution in [-0.4, -0.2) is 9.52 Å². The van der Waals surface area contributed by atoms with Crippen LogP contribution in [0, 0.1) is 0 Å². The van der Waals surface area contributed by atoms with Crippen LogP contribution >= 0.6 is 24.8 Å². The summed E-state index contributed by atoms with van der Waals surface area (Å²) in [7, 11) is 0.777. The van der Waals surface area contributed by atoms with Gasteiger partial charge in [-0.1, -0.05) is 120 Å². The smallest absolute Gasteiger partial charge is 0.121 e. The van der Waals surface area contributed by atoms with Gasteiger partial charge in [-0.3, -0.25) is 0 Å². The predicted molar refractivity (Wildman–Crippen MR) is 209 cm³/mol. The molecule has 0 saturated carbocycles. The molecule has 0 aliphatic heterocycles. The Balaban J connectivity index is 0.000000169. The molecule has 4 heteroatoms. The van der Waals surface area contributed by atoms with Crippen molar-refractivity contribution in [3.63, 3.8) is 0 Å². The molecule has 0 nitrogen and oxygen atoms in total. The second kappa shape index (κ2) is 19.7. The maximum absolute atomic E-state index is 2.24. The van der Waals surface area contributed by atoms with E-state index < -0.39 is 0 Å². The van der Waals surface area contributed by atoms with E-state index in [0.717, 1.165) is 9.52 Å². The molecule has 0 saturated heterocycles. The van der Waals surface area contributed by atoms with Crippen LogP contribution in [0.5, 0.6) is 0 Å². The zero-order chi connectivity index (χ0) is 29.8. The van der Waals surface area contributed by atoms with E-state index in [4.69, 9.17) is 0 Å². The molecule has 0 aliphatic carbocycles. The number of hydrogen-bond donors (Lipinski definition) is 0. The van der Waals surface area contributed by atoms with Crippen LogP contribution in [0.15, 0.2) is 200 Å². The summed E-state index contributed by atoms with van der Waals surface area (Å²) in [4.78, 5) is 0. The minimum atomic E-state index is 0. The van der Waals surface area contributed by atoms with Crippen LogP contribution in [-0.2, 0) is 25.8 Å². The van der Waals surface area contributed by atoms with Gasteiger partial charge in [0.2, 0.25) is 0 Å². The van der Waals surface area contributed by atoms with Crippen molar-refractivity contribution >= 4 is 87.8 Å². The Hall–Kier alpha value is -3.92. The Morgan fingerprint density at radius 1 is 0.340 bits per heavy atom. The molecule has 0 spiro atoms. The molecule has 232 valence electrons. The SMILES string of the molecule is Cl.Cl.[Hf].c1ccc([Si]c2ccccc2)cc1.c1ccc2[cH-]ccc2c1.c1ccc2[cH-]ccc2c1.c1ccc2c(c1)[cH-]c1ccccc12. The van der Waals surface area contributed by atoms with E-state index in [-0.39, 0.29) is 50.7 Å². The average molecular weight is 829 g/mol. The fraction of sp³-hybridized carbons (Fsp3) is 0. The van der Waals surface area contributed by atoms with Crippen LogP contribution in [0.2, 0.25) is 0 Å². The standard InChI is InChI=1S/C13H9.C12H10Si.2C9H7.2ClH.Hf/c1-3-7-12-10(5-1)9-11-6-2-4-8-13(11)12;1-3-7-11(8-4-1)13-12-9-5-2-6-10-12;2*1-2-5-9-7-3-6-8(9)4-1;;;/h1-9H;1-10H;2*1-7H;2*1H;/q-1;;2*-1;;;. The maximum atomic E-state index is 2.24. The van der Waals surface area contributed by atoms with Gasteiger partial charge in [0.15, 0.2) is 0 Å². The molecular formula is C43H35Cl2HfSi-3. The van der Waals surface area contributed by atoms with Gasteiger partial charge >= 0.3 is 0 Å². The van der Waals surface area contributed by atoms with E-state index in [9.17, 15) is 0 Å². The largest absolute Gasteiger partial charge is 0.168 e. The van der Waals surface area contributed by atoms with E-state index in [1.165, 1.54) is 53.5 Å². The van der Waals surface area contributed by atoms with Gasteiger partial charge in [0.25, 0.3) is 0 Å². The van der Waals surface area contributed by atoms with Crippen LogP contribution in [0.3, 0.4) is 0 Å². The van der Waals surface area contributed by atoms with Gasteiger partial charge in [-0.2, -0.15) is 35.0 Å². The van der Waals surface area contributed by atoms with Crippen molar-refractivity contribution in [1.29, 1.82) is 0 Å². The Labute approximate surface area is 311 Å². The van der Waals surface area contributed by atoms with Crippen molar-refractivity contribution < 1.29 is 25.8 Å². The molecule has 0 unspecified atom stereocenters. The third-order valence-electron chi connectivity index (χ3n) is 7.45. The summed E-state index contributed by atoms with van der Waals surface area (Å²) < 4.78 is 0. The monoisotopic (exact) mass is 829 g/mol. The molecule has 2 radical (unpaired) electrons. The summed E-state index contributed by atoms with van der Waals surface area (Å²) >= 11 is 0. The van der Waals surface area contributed by atoms with E-state index in [0.29, 0.717) is 0 Å². The van der Waals surface area contributed by atoms with E-state index in [1.807, 2.05) is 0 Å². The first-order chi connectivity index (χ1) is 21.8. The zero-order valence-electron chi connectivity index (χ0n) is 25.9. The summed E-state index contributed by atoms with van der Waals surface area (Å²) in [6, 6.07) is 69.8. The molecule has 9 aromatic carbocycles. The van der Waals surface area contributed by atoms with Crippen molar-refractivity contribution in [1.82, 2.24) is 0 Å². The first kappa shape index (κ1) is 37.5. The number of hydrogen-bond acceptors (Lipinski definition) is 0. The molecular weight excluding hydrogens is 794 g/mol. The Bertz CT molecular complexity index is 1950. The third-order valence-corrected chi connectivity index (χ3v) is 8.70. The first-order valence-electron chi connectivity index (χ1n) is 14.9. The van der Waals surface area contributed by atoms with Crippen molar-refractivity contribution in [3.05, 3.63) is 200 Å². The minimum Gasteiger partial charge on any atom is -0.168 e. The molecule has 9 rings (SSSR count). The third kappa shape index (κ3) is 10.5. The Morgan fingerprint density at radius 3 is 1.09 bits per heavy atom. The van der Waals surface area contributed by atoms with Gasteiger partial charge in [0.05, 0.1) is 0 Å². The van der Waals surface area contributed by atoms with Crippen molar-refractivity contribution in [2.45, 2.75) is 0 Å². The molecule has 0 fully saturated rings. The molecule has 0 bridgehead atoms. The number of fused-ring (bicyclic) bond motifs is 5. The average Bonchev–Trinajstić information content (AvgIpc) is 3.85. The van der Waals surface area contributed by atoms with Gasteiger partial charge in [0, 0.05) is 25.8 Å². The van der Waals surface area contributed by atoms with Gasteiger partial charge in [-0.25, -0.2) is 0 Å². The summed E-state index contributed by atoms with van der Waals surface area (Å²) in [6.07, 6.45) is 0. The quantitative estimate of drug-likeness (QED) is 0.120. The molecule has 0 amide bonds. The zero-order valence-corrected chi connectivity index (χ0v) is 32.1. The Kier molecular flexibility index (Phi) is 15.7. The van der Waals surface area contributed by atoms with E-state index in [1.54, 1.807) is 0 Å². The second-order valence-electron chi connectivity index (χ2n) is 10.5. The van der Waals surface area contributed by atoms with Gasteiger partial charge in [-0.15, -0.1) is 124 Å². The van der Waals surface area contributed by atoms with Crippen molar-refractivity contribution in [2.75, 3.05) is 0 Å². The summed E-state index contributed by atoms with van der Waals surface area (Å²) in [5.41, 5.74) is 0. The number of halogens is 2. The van der Waals surface area contributed by atoms with Crippen LogP contribution in [0.25, 0.3) is 43.1 Å². The maximum Gasteiger partial charge on any atom is 0.121 e. The van der Waals surface area contributed by atoms with E-state index in [2.05, 4.69) is 200 Å². The predicted octanol–water partition coefficient (Wildman–Crippen LogP) is 11.0. The number of rotatable bonds is 2. The van der Waals surface area contributed by atoms with Gasteiger partial charge < -0.3 is 0 Å². The van der Waals surface area contributed by atoms with Crippen molar-refractivity contribution in [2.24, 2.45) is 0 Å². The summed E-state index contributed by atoms with van der Waals surface area (Å²) in [6.45, 7) is 0. The number of benzene rings is 6.